The van der Waals surface area contributed by atoms with Crippen molar-refractivity contribution in [2.45, 2.75) is 26.9 Å². The molecule has 4 aromatic rings. The zero-order valence-electron chi connectivity index (χ0n) is 15.6. The number of hydrogen-bond acceptors (Lipinski definition) is 5. The topological polar surface area (TPSA) is 80.9 Å². The number of carboxylic acid groups (broad SMARTS) is 1. The lowest BCUT2D eigenvalue weighted by Crippen LogP contribution is -2.23. The van der Waals surface area contributed by atoms with Crippen molar-refractivity contribution >= 4 is 39.4 Å². The molecule has 0 aliphatic carbocycles. The van der Waals surface area contributed by atoms with Crippen molar-refractivity contribution in [3.05, 3.63) is 68.0 Å². The van der Waals surface area contributed by atoms with Crippen LogP contribution in [0.3, 0.4) is 0 Å². The SMILES string of the molecule is Cc1cc2nc3s/c(=C\c4ccc(O[C@@H](C)C(=O)O)cc4)c(=O)n3c2cc1C. The Kier molecular flexibility index (Phi) is 4.39. The third-order valence-corrected chi connectivity index (χ3v) is 5.66. The zero-order valence-corrected chi connectivity index (χ0v) is 16.4. The normalized spacial score (nSPS) is 13.3. The van der Waals surface area contributed by atoms with E-state index in [4.69, 9.17) is 9.84 Å². The number of carbonyl (C=O) groups is 1. The number of rotatable bonds is 4. The molecular weight excluding hydrogens is 376 g/mol. The number of aromatic nitrogens is 2. The van der Waals surface area contributed by atoms with Gasteiger partial charge >= 0.3 is 5.97 Å². The monoisotopic (exact) mass is 394 g/mol. The second kappa shape index (κ2) is 6.76. The van der Waals surface area contributed by atoms with Crippen LogP contribution >= 0.6 is 11.3 Å². The fraction of sp³-hybridized carbons (Fsp3) is 0.190. The molecule has 0 radical (unpaired) electrons. The number of thiazole rings is 1. The number of fused-ring (bicyclic) bond motifs is 3. The largest absolute Gasteiger partial charge is 0.479 e. The number of imidazole rings is 1. The average Bonchev–Trinajstić information content (AvgIpc) is 3.13. The summed E-state index contributed by atoms with van der Waals surface area (Å²) in [5, 5.41) is 8.91. The van der Waals surface area contributed by atoms with E-state index in [1.54, 1.807) is 34.7 Å². The summed E-state index contributed by atoms with van der Waals surface area (Å²) in [6, 6.07) is 11.0. The van der Waals surface area contributed by atoms with Gasteiger partial charge in [-0.1, -0.05) is 23.5 Å². The number of aryl methyl sites for hydroxylation is 2. The Balaban J connectivity index is 1.74. The molecule has 28 heavy (non-hydrogen) atoms. The summed E-state index contributed by atoms with van der Waals surface area (Å²) in [7, 11) is 0. The summed E-state index contributed by atoms with van der Waals surface area (Å²) in [6.07, 6.45) is 0.882. The van der Waals surface area contributed by atoms with Gasteiger partial charge in [-0.25, -0.2) is 14.2 Å². The molecule has 0 saturated heterocycles. The molecule has 0 aliphatic heterocycles. The van der Waals surface area contributed by atoms with E-state index in [0.29, 0.717) is 15.2 Å². The molecule has 2 aromatic heterocycles. The molecular formula is C21H18N2O4S. The maximum Gasteiger partial charge on any atom is 0.344 e. The standard InChI is InChI=1S/C21H18N2O4S/c1-11-8-16-17(9-12(11)2)23-19(24)18(28-21(23)22-16)10-14-4-6-15(7-5-14)27-13(3)20(25)26/h4-10,13H,1-3H3,(H,25,26)/b18-10-/t13-/m0/s1. The van der Waals surface area contributed by atoms with Crippen LogP contribution in [0.2, 0.25) is 0 Å². The Morgan fingerprint density at radius 1 is 1.21 bits per heavy atom. The molecule has 0 spiro atoms. The Labute approximate surface area is 164 Å². The molecule has 7 heteroatoms. The fourth-order valence-electron chi connectivity index (χ4n) is 2.97. The third-order valence-electron chi connectivity index (χ3n) is 4.69. The van der Waals surface area contributed by atoms with Gasteiger partial charge < -0.3 is 9.84 Å². The number of hydrogen-bond donors (Lipinski definition) is 1. The average molecular weight is 394 g/mol. The zero-order chi connectivity index (χ0) is 20.0. The van der Waals surface area contributed by atoms with Gasteiger partial charge in [-0.05, 0) is 67.8 Å². The minimum Gasteiger partial charge on any atom is -0.479 e. The highest BCUT2D eigenvalue weighted by Gasteiger charge is 2.13. The quantitative estimate of drug-likeness (QED) is 0.576. The number of benzene rings is 2. The molecule has 0 fully saturated rings. The Morgan fingerprint density at radius 3 is 2.57 bits per heavy atom. The van der Waals surface area contributed by atoms with E-state index < -0.39 is 12.1 Å². The van der Waals surface area contributed by atoms with Crippen LogP contribution in [0, 0.1) is 13.8 Å². The van der Waals surface area contributed by atoms with E-state index in [2.05, 4.69) is 4.98 Å². The summed E-state index contributed by atoms with van der Waals surface area (Å²) in [4.78, 5) is 29.0. The molecule has 1 N–H and O–H groups in total. The molecule has 0 bridgehead atoms. The predicted molar refractivity (Wildman–Crippen MR) is 109 cm³/mol. The first-order valence-corrected chi connectivity index (χ1v) is 9.58. The predicted octanol–water partition coefficient (Wildman–Crippen LogP) is 2.93. The first kappa shape index (κ1) is 18.2. The fourth-order valence-corrected chi connectivity index (χ4v) is 3.95. The van der Waals surface area contributed by atoms with Crippen LogP contribution in [0.25, 0.3) is 22.1 Å². The summed E-state index contributed by atoms with van der Waals surface area (Å²) in [5.74, 6) is -0.557. The van der Waals surface area contributed by atoms with Crippen LogP contribution < -0.4 is 14.8 Å². The van der Waals surface area contributed by atoms with E-state index in [-0.39, 0.29) is 5.56 Å². The van der Waals surface area contributed by atoms with Crippen molar-refractivity contribution < 1.29 is 14.6 Å². The summed E-state index contributed by atoms with van der Waals surface area (Å²) in [6.45, 7) is 5.53. The maximum atomic E-state index is 12.9. The van der Waals surface area contributed by atoms with Crippen LogP contribution in [-0.2, 0) is 4.79 Å². The summed E-state index contributed by atoms with van der Waals surface area (Å²) < 4.78 is 7.57. The molecule has 2 aromatic carbocycles. The van der Waals surface area contributed by atoms with Gasteiger partial charge in [0.2, 0.25) is 0 Å². The van der Waals surface area contributed by atoms with Gasteiger partial charge in [-0.2, -0.15) is 0 Å². The summed E-state index contributed by atoms with van der Waals surface area (Å²) >= 11 is 1.35. The van der Waals surface area contributed by atoms with Crippen LogP contribution in [0.5, 0.6) is 5.75 Å². The molecule has 0 aliphatic rings. The van der Waals surface area contributed by atoms with Crippen LogP contribution in [0.1, 0.15) is 23.6 Å². The van der Waals surface area contributed by atoms with E-state index in [1.807, 2.05) is 26.0 Å². The van der Waals surface area contributed by atoms with E-state index in [9.17, 15) is 9.59 Å². The van der Waals surface area contributed by atoms with E-state index in [1.165, 1.54) is 18.3 Å². The second-order valence-corrected chi connectivity index (χ2v) is 7.75. The van der Waals surface area contributed by atoms with Gasteiger partial charge in [0.1, 0.15) is 5.75 Å². The van der Waals surface area contributed by atoms with Gasteiger partial charge in [-0.3, -0.25) is 4.79 Å². The minimum atomic E-state index is -1.02. The molecule has 142 valence electrons. The first-order valence-electron chi connectivity index (χ1n) is 8.77. The summed E-state index contributed by atoms with van der Waals surface area (Å²) in [5.41, 5.74) is 4.66. The van der Waals surface area contributed by atoms with Crippen molar-refractivity contribution in [2.24, 2.45) is 0 Å². The molecule has 0 amide bonds. The van der Waals surface area contributed by atoms with Crippen LogP contribution in [-0.4, -0.2) is 26.6 Å². The lowest BCUT2D eigenvalue weighted by molar-refractivity contribution is -0.144. The Bertz CT molecular complexity index is 1320. The van der Waals surface area contributed by atoms with E-state index in [0.717, 1.165) is 27.7 Å². The van der Waals surface area contributed by atoms with Crippen molar-refractivity contribution in [3.8, 4) is 5.75 Å². The smallest absolute Gasteiger partial charge is 0.344 e. The van der Waals surface area contributed by atoms with Crippen molar-refractivity contribution in [1.29, 1.82) is 0 Å². The van der Waals surface area contributed by atoms with E-state index >= 15 is 0 Å². The van der Waals surface area contributed by atoms with Gasteiger partial charge in [0.05, 0.1) is 15.6 Å². The lowest BCUT2D eigenvalue weighted by Gasteiger charge is -2.09. The number of carboxylic acids is 1. The Hall–Kier alpha value is -3.19. The van der Waals surface area contributed by atoms with Crippen molar-refractivity contribution in [1.82, 2.24) is 9.38 Å². The highest BCUT2D eigenvalue weighted by molar-refractivity contribution is 7.15. The van der Waals surface area contributed by atoms with Crippen LogP contribution in [0.15, 0.2) is 41.2 Å². The first-order chi connectivity index (χ1) is 13.3. The van der Waals surface area contributed by atoms with Crippen molar-refractivity contribution in [2.75, 3.05) is 0 Å². The minimum absolute atomic E-state index is 0.0921. The van der Waals surface area contributed by atoms with Gasteiger partial charge in [0, 0.05) is 0 Å². The number of ether oxygens (including phenoxy) is 1. The molecule has 6 nitrogen and oxygen atoms in total. The van der Waals surface area contributed by atoms with Gasteiger partial charge in [0.25, 0.3) is 5.56 Å². The maximum absolute atomic E-state index is 12.9. The third kappa shape index (κ3) is 3.14. The number of nitrogens with zero attached hydrogens (tertiary/aromatic N) is 2. The van der Waals surface area contributed by atoms with Gasteiger partial charge in [-0.15, -0.1) is 0 Å². The molecule has 1 atom stereocenters. The Morgan fingerprint density at radius 2 is 1.89 bits per heavy atom. The highest BCUT2D eigenvalue weighted by Crippen LogP contribution is 2.21. The molecule has 0 saturated carbocycles. The molecule has 0 unspecified atom stereocenters. The van der Waals surface area contributed by atoms with Crippen molar-refractivity contribution in [3.63, 3.8) is 0 Å². The lowest BCUT2D eigenvalue weighted by atomic mass is 10.1. The van der Waals surface area contributed by atoms with Gasteiger partial charge in [0.15, 0.2) is 11.1 Å². The second-order valence-electron chi connectivity index (χ2n) is 6.74. The molecule has 4 rings (SSSR count). The molecule has 2 heterocycles. The highest BCUT2D eigenvalue weighted by atomic mass is 32.1. The number of aliphatic carboxylic acids is 1. The van der Waals surface area contributed by atoms with Crippen LogP contribution in [0.4, 0.5) is 0 Å².